The molecule has 3 N–H and O–H groups in total. The molecule has 0 aliphatic heterocycles. The first kappa shape index (κ1) is 16.2. The Morgan fingerprint density at radius 2 is 1.94 bits per heavy atom. The number of aliphatic hydroxyl groups is 1. The van der Waals surface area contributed by atoms with Gasteiger partial charge in [0.15, 0.2) is 0 Å². The smallest absolute Gasteiger partial charge is 0.106 e. The molecule has 0 saturated heterocycles. The van der Waals surface area contributed by atoms with Gasteiger partial charge in [0, 0.05) is 12.3 Å². The summed E-state index contributed by atoms with van der Waals surface area (Å²) in [5.41, 5.74) is 0.426. The minimum absolute atomic E-state index is 0.404. The first-order valence-electron chi connectivity index (χ1n) is 6.25. The Kier molecular flexibility index (Phi) is 9.41. The monoisotopic (exact) mass is 248 g/mol. The normalized spacial score (nSPS) is 14.1. The predicted octanol–water partition coefficient (Wildman–Crippen LogP) is 1.63. The second kappa shape index (κ2) is 9.28. The summed E-state index contributed by atoms with van der Waals surface area (Å²) >= 11 is 4.07. The van der Waals surface area contributed by atoms with E-state index in [4.69, 9.17) is 0 Å². The molecule has 0 aromatic rings. The highest BCUT2D eigenvalue weighted by Gasteiger charge is 2.13. The molecule has 0 aromatic heterocycles. The molecule has 0 aliphatic carbocycles. The molecule has 0 saturated carbocycles. The maximum Gasteiger partial charge on any atom is 0.106 e. The molecule has 0 fully saturated rings. The molecule has 0 amide bonds. The SMILES string of the molecule is CCC(C)(C)CCNCCC(O)NCCS. The molecule has 1 atom stereocenters. The van der Waals surface area contributed by atoms with Crippen LogP contribution in [0.25, 0.3) is 0 Å². The van der Waals surface area contributed by atoms with Gasteiger partial charge in [0.1, 0.15) is 6.23 Å². The summed E-state index contributed by atoms with van der Waals surface area (Å²) in [7, 11) is 0. The van der Waals surface area contributed by atoms with Crippen molar-refractivity contribution in [2.24, 2.45) is 5.41 Å². The van der Waals surface area contributed by atoms with E-state index in [1.165, 1.54) is 12.8 Å². The highest BCUT2D eigenvalue weighted by atomic mass is 32.1. The van der Waals surface area contributed by atoms with Gasteiger partial charge < -0.3 is 10.4 Å². The largest absolute Gasteiger partial charge is 0.379 e. The first-order chi connectivity index (χ1) is 7.52. The Hall–Kier alpha value is 0.230. The van der Waals surface area contributed by atoms with Crippen LogP contribution in [-0.4, -0.2) is 36.7 Å². The molecular weight excluding hydrogens is 220 g/mol. The zero-order valence-electron chi connectivity index (χ0n) is 10.9. The van der Waals surface area contributed by atoms with Gasteiger partial charge in [-0.3, -0.25) is 5.32 Å². The summed E-state index contributed by atoms with van der Waals surface area (Å²) in [6.45, 7) is 9.45. The molecule has 0 radical (unpaired) electrons. The number of nitrogens with one attached hydrogen (secondary N) is 2. The number of thiol groups is 1. The average Bonchev–Trinajstić information content (AvgIpc) is 2.25. The summed E-state index contributed by atoms with van der Waals surface area (Å²) < 4.78 is 0. The molecule has 0 spiro atoms. The van der Waals surface area contributed by atoms with Crippen LogP contribution in [0.5, 0.6) is 0 Å². The first-order valence-corrected chi connectivity index (χ1v) is 6.88. The van der Waals surface area contributed by atoms with Gasteiger partial charge in [-0.25, -0.2) is 0 Å². The van der Waals surface area contributed by atoms with E-state index < -0.39 is 6.23 Å². The van der Waals surface area contributed by atoms with Gasteiger partial charge >= 0.3 is 0 Å². The van der Waals surface area contributed by atoms with Crippen LogP contribution in [0.2, 0.25) is 0 Å². The van der Waals surface area contributed by atoms with Crippen LogP contribution in [0.15, 0.2) is 0 Å². The van der Waals surface area contributed by atoms with E-state index in [-0.39, 0.29) is 0 Å². The lowest BCUT2D eigenvalue weighted by Gasteiger charge is -2.22. The van der Waals surface area contributed by atoms with E-state index in [2.05, 4.69) is 44.0 Å². The number of rotatable bonds is 10. The van der Waals surface area contributed by atoms with Crippen molar-refractivity contribution in [1.29, 1.82) is 0 Å². The molecule has 98 valence electrons. The minimum Gasteiger partial charge on any atom is -0.379 e. The lowest BCUT2D eigenvalue weighted by molar-refractivity contribution is 0.130. The lowest BCUT2D eigenvalue weighted by Crippen LogP contribution is -2.34. The van der Waals surface area contributed by atoms with Crippen molar-refractivity contribution >= 4 is 12.6 Å². The van der Waals surface area contributed by atoms with Crippen LogP contribution < -0.4 is 10.6 Å². The Labute approximate surface area is 106 Å². The fourth-order valence-electron chi connectivity index (χ4n) is 1.30. The zero-order chi connectivity index (χ0) is 12.4. The maximum absolute atomic E-state index is 9.50. The number of aliphatic hydroxyl groups excluding tert-OH is 1. The Morgan fingerprint density at radius 3 is 2.50 bits per heavy atom. The van der Waals surface area contributed by atoms with Crippen molar-refractivity contribution in [3.8, 4) is 0 Å². The zero-order valence-corrected chi connectivity index (χ0v) is 11.8. The average molecular weight is 248 g/mol. The Balaban J connectivity index is 3.33. The second-order valence-corrected chi connectivity index (χ2v) is 5.45. The predicted molar refractivity (Wildman–Crippen MR) is 74.0 cm³/mol. The molecule has 16 heavy (non-hydrogen) atoms. The van der Waals surface area contributed by atoms with Crippen molar-refractivity contribution in [1.82, 2.24) is 10.6 Å². The third-order valence-corrected chi connectivity index (χ3v) is 3.25. The van der Waals surface area contributed by atoms with Crippen molar-refractivity contribution in [3.05, 3.63) is 0 Å². The van der Waals surface area contributed by atoms with Crippen molar-refractivity contribution in [2.45, 2.75) is 46.3 Å². The maximum atomic E-state index is 9.50. The number of hydrogen-bond donors (Lipinski definition) is 4. The Morgan fingerprint density at radius 1 is 1.25 bits per heavy atom. The molecule has 0 rings (SSSR count). The van der Waals surface area contributed by atoms with Gasteiger partial charge in [-0.05, 0) is 31.3 Å². The lowest BCUT2D eigenvalue weighted by atomic mass is 9.86. The van der Waals surface area contributed by atoms with Crippen LogP contribution in [-0.2, 0) is 0 Å². The highest BCUT2D eigenvalue weighted by Crippen LogP contribution is 2.23. The fourth-order valence-corrected chi connectivity index (χ4v) is 1.43. The van der Waals surface area contributed by atoms with Gasteiger partial charge in [0.25, 0.3) is 0 Å². The topological polar surface area (TPSA) is 44.3 Å². The van der Waals surface area contributed by atoms with E-state index in [1.54, 1.807) is 0 Å². The summed E-state index contributed by atoms with van der Waals surface area (Å²) in [5.74, 6) is 0.759. The van der Waals surface area contributed by atoms with Crippen molar-refractivity contribution in [3.63, 3.8) is 0 Å². The van der Waals surface area contributed by atoms with E-state index in [0.717, 1.165) is 31.8 Å². The highest BCUT2D eigenvalue weighted by molar-refractivity contribution is 7.80. The van der Waals surface area contributed by atoms with Crippen LogP contribution in [0.3, 0.4) is 0 Å². The minimum atomic E-state index is -0.404. The number of hydrogen-bond acceptors (Lipinski definition) is 4. The fraction of sp³-hybridized carbons (Fsp3) is 1.00. The summed E-state index contributed by atoms with van der Waals surface area (Å²) in [5, 5.41) is 15.9. The van der Waals surface area contributed by atoms with Crippen LogP contribution in [0.4, 0.5) is 0 Å². The summed E-state index contributed by atoms with van der Waals surface area (Å²) in [6, 6.07) is 0. The third-order valence-electron chi connectivity index (χ3n) is 3.02. The molecule has 0 heterocycles. The van der Waals surface area contributed by atoms with Crippen LogP contribution in [0.1, 0.15) is 40.0 Å². The van der Waals surface area contributed by atoms with Crippen molar-refractivity contribution < 1.29 is 5.11 Å². The molecule has 1 unspecified atom stereocenters. The molecule has 3 nitrogen and oxygen atoms in total. The van der Waals surface area contributed by atoms with Gasteiger partial charge in [-0.1, -0.05) is 27.2 Å². The molecule has 4 heteroatoms. The Bertz CT molecular complexity index is 165. The van der Waals surface area contributed by atoms with Gasteiger partial charge in [-0.15, -0.1) is 0 Å². The molecule has 0 aliphatic rings. The van der Waals surface area contributed by atoms with E-state index in [0.29, 0.717) is 5.41 Å². The van der Waals surface area contributed by atoms with Gasteiger partial charge in [-0.2, -0.15) is 12.6 Å². The molecular formula is C12H28N2OS. The summed E-state index contributed by atoms with van der Waals surface area (Å²) in [4.78, 5) is 0. The van der Waals surface area contributed by atoms with Crippen molar-refractivity contribution in [2.75, 3.05) is 25.4 Å². The summed E-state index contributed by atoms with van der Waals surface area (Å²) in [6.07, 6.45) is 2.74. The van der Waals surface area contributed by atoms with Crippen LogP contribution in [0, 0.1) is 5.41 Å². The van der Waals surface area contributed by atoms with E-state index >= 15 is 0 Å². The van der Waals surface area contributed by atoms with Gasteiger partial charge in [0.2, 0.25) is 0 Å². The van der Waals surface area contributed by atoms with Gasteiger partial charge in [0.05, 0.1) is 0 Å². The standard InChI is InChI=1S/C12H28N2OS/c1-4-12(2,3)6-8-13-7-5-11(15)14-9-10-16/h11,13-16H,4-10H2,1-3H3. The second-order valence-electron chi connectivity index (χ2n) is 5.00. The molecule has 0 aromatic carbocycles. The van der Waals surface area contributed by atoms with Crippen LogP contribution >= 0.6 is 12.6 Å². The van der Waals surface area contributed by atoms with E-state index in [1.807, 2.05) is 0 Å². The quantitative estimate of drug-likeness (QED) is 0.270. The molecule has 0 bridgehead atoms. The third kappa shape index (κ3) is 9.46. The van der Waals surface area contributed by atoms with E-state index in [9.17, 15) is 5.11 Å².